The molecule has 1 saturated carbocycles. The number of nitrogens with one attached hydrogen (secondary N) is 2. The molecule has 2 rings (SSSR count). The van der Waals surface area contributed by atoms with Crippen LogP contribution >= 0.6 is 35.7 Å². The van der Waals surface area contributed by atoms with E-state index in [9.17, 15) is 0 Å². The van der Waals surface area contributed by atoms with Gasteiger partial charge >= 0.3 is 0 Å². The predicted molar refractivity (Wildman–Crippen MR) is 123 cm³/mol. The van der Waals surface area contributed by atoms with Crippen molar-refractivity contribution < 1.29 is 4.52 Å². The minimum atomic E-state index is 0. The molecule has 0 saturated heterocycles. The SMILES string of the molecule is CCSC1CCCC(NC(=NC)NCc2cc(C(CC)CC)no2)C1.I. The topological polar surface area (TPSA) is 62.5 Å². The fourth-order valence-electron chi connectivity index (χ4n) is 3.53. The Morgan fingerprint density at radius 3 is 2.77 bits per heavy atom. The molecule has 2 N–H and O–H groups in total. The van der Waals surface area contributed by atoms with Crippen molar-refractivity contribution >= 4 is 41.7 Å². The first-order valence-electron chi connectivity index (χ1n) is 9.74. The summed E-state index contributed by atoms with van der Waals surface area (Å²) in [6, 6.07) is 2.59. The number of halogens is 1. The van der Waals surface area contributed by atoms with Gasteiger partial charge in [0.15, 0.2) is 11.7 Å². The highest BCUT2D eigenvalue weighted by Gasteiger charge is 2.22. The first-order chi connectivity index (χ1) is 12.2. The van der Waals surface area contributed by atoms with Gasteiger partial charge in [-0.2, -0.15) is 11.8 Å². The maximum atomic E-state index is 5.48. The molecule has 0 bridgehead atoms. The van der Waals surface area contributed by atoms with Gasteiger partial charge in [0.25, 0.3) is 0 Å². The van der Waals surface area contributed by atoms with Crippen molar-refractivity contribution in [1.29, 1.82) is 0 Å². The van der Waals surface area contributed by atoms with E-state index in [1.165, 1.54) is 31.4 Å². The number of thioether (sulfide) groups is 1. The average Bonchev–Trinajstić information content (AvgIpc) is 3.09. The van der Waals surface area contributed by atoms with Crippen molar-refractivity contribution in [3.05, 3.63) is 17.5 Å². The zero-order valence-corrected chi connectivity index (χ0v) is 19.7. The van der Waals surface area contributed by atoms with Crippen molar-refractivity contribution in [2.24, 2.45) is 4.99 Å². The molecule has 1 aromatic rings. The zero-order valence-electron chi connectivity index (χ0n) is 16.6. The van der Waals surface area contributed by atoms with Crippen LogP contribution in [-0.4, -0.2) is 35.2 Å². The highest BCUT2D eigenvalue weighted by molar-refractivity contribution is 14.0. The molecule has 1 aliphatic carbocycles. The number of rotatable bonds is 8. The van der Waals surface area contributed by atoms with E-state index < -0.39 is 0 Å². The largest absolute Gasteiger partial charge is 0.359 e. The van der Waals surface area contributed by atoms with E-state index in [-0.39, 0.29) is 24.0 Å². The maximum absolute atomic E-state index is 5.48. The Labute approximate surface area is 179 Å². The zero-order chi connectivity index (χ0) is 18.1. The highest BCUT2D eigenvalue weighted by atomic mass is 127. The van der Waals surface area contributed by atoms with E-state index in [0.717, 1.165) is 35.5 Å². The third-order valence-corrected chi connectivity index (χ3v) is 6.24. The third kappa shape index (κ3) is 7.29. The third-order valence-electron chi connectivity index (χ3n) is 5.00. The van der Waals surface area contributed by atoms with E-state index in [1.807, 2.05) is 7.05 Å². The summed E-state index contributed by atoms with van der Waals surface area (Å²) in [4.78, 5) is 4.37. The van der Waals surface area contributed by atoms with Crippen LogP contribution in [0.5, 0.6) is 0 Å². The lowest BCUT2D eigenvalue weighted by Crippen LogP contribution is -2.45. The van der Waals surface area contributed by atoms with Gasteiger partial charge in [-0.05, 0) is 37.9 Å². The van der Waals surface area contributed by atoms with Crippen LogP contribution in [0, 0.1) is 0 Å². The van der Waals surface area contributed by atoms with Gasteiger partial charge < -0.3 is 15.2 Å². The highest BCUT2D eigenvalue weighted by Crippen LogP contribution is 2.28. The molecule has 150 valence electrons. The molecule has 1 fully saturated rings. The fraction of sp³-hybridized carbons (Fsp3) is 0.789. The molecule has 1 aliphatic rings. The van der Waals surface area contributed by atoms with Gasteiger partial charge in [0.05, 0.1) is 12.2 Å². The maximum Gasteiger partial charge on any atom is 0.191 e. The van der Waals surface area contributed by atoms with Crippen molar-refractivity contribution in [2.45, 2.75) is 83.1 Å². The standard InChI is InChI=1S/C19H34N4OS.HI/c1-5-14(6-2)18-12-16(24-23-18)13-21-19(20-4)22-15-9-8-10-17(11-15)25-7-3;/h12,14-15,17H,5-11,13H2,1-4H3,(H2,20,21,22);1H. The van der Waals surface area contributed by atoms with Gasteiger partial charge in [0.2, 0.25) is 0 Å². The summed E-state index contributed by atoms with van der Waals surface area (Å²) in [7, 11) is 1.83. The van der Waals surface area contributed by atoms with Crippen LogP contribution in [0.15, 0.2) is 15.6 Å². The van der Waals surface area contributed by atoms with Crippen molar-refractivity contribution in [1.82, 2.24) is 15.8 Å². The molecule has 0 spiro atoms. The van der Waals surface area contributed by atoms with Gasteiger partial charge in [0.1, 0.15) is 0 Å². The molecule has 5 nitrogen and oxygen atoms in total. The molecule has 7 heteroatoms. The van der Waals surface area contributed by atoms with Crippen LogP contribution in [0.3, 0.4) is 0 Å². The van der Waals surface area contributed by atoms with Crippen LogP contribution in [0.4, 0.5) is 0 Å². The van der Waals surface area contributed by atoms with E-state index in [1.54, 1.807) is 0 Å². The minimum absolute atomic E-state index is 0. The number of aromatic nitrogens is 1. The molecule has 1 aromatic heterocycles. The molecule has 1 heterocycles. The summed E-state index contributed by atoms with van der Waals surface area (Å²) >= 11 is 2.09. The van der Waals surface area contributed by atoms with E-state index in [0.29, 0.717) is 18.5 Å². The molecule has 0 amide bonds. The average molecular weight is 494 g/mol. The molecule has 0 radical (unpaired) electrons. The van der Waals surface area contributed by atoms with E-state index in [4.69, 9.17) is 4.52 Å². The molecule has 26 heavy (non-hydrogen) atoms. The van der Waals surface area contributed by atoms with Crippen LogP contribution in [0.2, 0.25) is 0 Å². The van der Waals surface area contributed by atoms with Crippen molar-refractivity contribution in [2.75, 3.05) is 12.8 Å². The number of guanidine groups is 1. The Hall–Kier alpha value is -0.440. The summed E-state index contributed by atoms with van der Waals surface area (Å²) in [6.07, 6.45) is 7.28. The molecule has 0 aromatic carbocycles. The Kier molecular flexibility index (Phi) is 11.7. The Morgan fingerprint density at radius 1 is 1.35 bits per heavy atom. The lowest BCUT2D eigenvalue weighted by molar-refractivity contribution is 0.367. The molecule has 2 atom stereocenters. The summed E-state index contributed by atoms with van der Waals surface area (Å²) in [5.41, 5.74) is 1.07. The monoisotopic (exact) mass is 494 g/mol. The van der Waals surface area contributed by atoms with E-state index in [2.05, 4.69) is 59.4 Å². The Balaban J connectivity index is 0.00000338. The van der Waals surface area contributed by atoms with E-state index >= 15 is 0 Å². The molecular weight excluding hydrogens is 459 g/mol. The predicted octanol–water partition coefficient (Wildman–Crippen LogP) is 4.93. The summed E-state index contributed by atoms with van der Waals surface area (Å²) in [5.74, 6) is 3.42. The van der Waals surface area contributed by atoms with Crippen LogP contribution < -0.4 is 10.6 Å². The lowest BCUT2D eigenvalue weighted by atomic mass is 9.95. The molecule has 2 unspecified atom stereocenters. The smallest absolute Gasteiger partial charge is 0.191 e. The number of hydrogen-bond acceptors (Lipinski definition) is 4. The van der Waals surface area contributed by atoms with Gasteiger partial charge in [-0.1, -0.05) is 32.3 Å². The minimum Gasteiger partial charge on any atom is -0.359 e. The fourth-order valence-corrected chi connectivity index (χ4v) is 4.71. The van der Waals surface area contributed by atoms with Gasteiger partial charge in [0, 0.05) is 30.3 Å². The van der Waals surface area contributed by atoms with Gasteiger partial charge in [-0.3, -0.25) is 4.99 Å². The number of hydrogen-bond donors (Lipinski definition) is 2. The van der Waals surface area contributed by atoms with Crippen LogP contribution in [-0.2, 0) is 6.54 Å². The lowest BCUT2D eigenvalue weighted by Gasteiger charge is -2.30. The number of nitrogens with zero attached hydrogens (tertiary/aromatic N) is 2. The normalized spacial score (nSPS) is 20.7. The summed E-state index contributed by atoms with van der Waals surface area (Å²) in [5, 5.41) is 12.0. The van der Waals surface area contributed by atoms with Gasteiger partial charge in [-0.15, -0.1) is 24.0 Å². The summed E-state index contributed by atoms with van der Waals surface area (Å²) in [6.45, 7) is 7.25. The quantitative estimate of drug-likeness (QED) is 0.305. The second-order valence-electron chi connectivity index (χ2n) is 6.74. The summed E-state index contributed by atoms with van der Waals surface area (Å²) < 4.78 is 5.48. The van der Waals surface area contributed by atoms with Crippen molar-refractivity contribution in [3.8, 4) is 0 Å². The first kappa shape index (κ1) is 23.6. The van der Waals surface area contributed by atoms with Gasteiger partial charge in [-0.25, -0.2) is 0 Å². The molecular formula is C19H35IN4OS. The number of aliphatic imine (C=N–C) groups is 1. The van der Waals surface area contributed by atoms with Crippen molar-refractivity contribution in [3.63, 3.8) is 0 Å². The first-order valence-corrected chi connectivity index (χ1v) is 10.8. The Morgan fingerprint density at radius 2 is 2.12 bits per heavy atom. The Bertz CT molecular complexity index is 531. The van der Waals surface area contributed by atoms with Crippen LogP contribution in [0.1, 0.15) is 76.7 Å². The second-order valence-corrected chi connectivity index (χ2v) is 8.32. The molecule has 0 aliphatic heterocycles. The van der Waals surface area contributed by atoms with Crippen LogP contribution in [0.25, 0.3) is 0 Å². The second kappa shape index (κ2) is 12.9.